The van der Waals surface area contributed by atoms with Crippen LogP contribution in [0.15, 0.2) is 12.4 Å². The minimum absolute atomic E-state index is 0.488. The van der Waals surface area contributed by atoms with Crippen LogP contribution in [0.4, 0.5) is 0 Å². The van der Waals surface area contributed by atoms with Crippen molar-refractivity contribution in [3.63, 3.8) is 0 Å². The highest BCUT2D eigenvalue weighted by atomic mass is 16.3. The number of hydrogen-bond donors (Lipinski definition) is 1. The standard InChI is InChI=1S/C16H25N7O/c24-16(13-22-10-7-17-20-22)6-4-8-21(12-16)11-15-19-18-14-5-2-1-3-9-23(14)15/h7,10,24H,1-6,8-9,11-13H2. The van der Waals surface area contributed by atoms with Crippen LogP contribution in [0.5, 0.6) is 0 Å². The zero-order chi connectivity index (χ0) is 16.4. The van der Waals surface area contributed by atoms with E-state index >= 15 is 0 Å². The quantitative estimate of drug-likeness (QED) is 0.884. The van der Waals surface area contributed by atoms with Crippen LogP contribution in [-0.4, -0.2) is 58.5 Å². The average molecular weight is 331 g/mol. The van der Waals surface area contributed by atoms with E-state index in [2.05, 4.69) is 30.0 Å². The van der Waals surface area contributed by atoms with E-state index < -0.39 is 5.60 Å². The first kappa shape index (κ1) is 15.7. The fourth-order valence-corrected chi connectivity index (χ4v) is 3.95. The Morgan fingerprint density at radius 1 is 1.12 bits per heavy atom. The van der Waals surface area contributed by atoms with Crippen molar-refractivity contribution in [1.29, 1.82) is 0 Å². The number of aliphatic hydroxyl groups is 1. The van der Waals surface area contributed by atoms with Gasteiger partial charge in [0.15, 0.2) is 0 Å². The van der Waals surface area contributed by atoms with Gasteiger partial charge in [-0.1, -0.05) is 11.6 Å². The molecule has 2 aliphatic rings. The maximum absolute atomic E-state index is 11.0. The highest BCUT2D eigenvalue weighted by molar-refractivity contribution is 4.99. The molecule has 8 nitrogen and oxygen atoms in total. The lowest BCUT2D eigenvalue weighted by Crippen LogP contribution is -2.50. The summed E-state index contributed by atoms with van der Waals surface area (Å²) in [5.41, 5.74) is -0.756. The number of nitrogens with zero attached hydrogens (tertiary/aromatic N) is 7. The van der Waals surface area contributed by atoms with Gasteiger partial charge in [-0.25, -0.2) is 4.68 Å². The van der Waals surface area contributed by atoms with Crippen LogP contribution in [0.2, 0.25) is 0 Å². The van der Waals surface area contributed by atoms with E-state index in [0.29, 0.717) is 13.1 Å². The van der Waals surface area contributed by atoms with Crippen LogP contribution >= 0.6 is 0 Å². The number of β-amino-alcohol motifs (C(OH)–C–C–N with tert-alkyl or cyclic N) is 1. The van der Waals surface area contributed by atoms with Gasteiger partial charge in [0.1, 0.15) is 11.6 Å². The molecule has 2 aromatic rings. The Morgan fingerprint density at radius 3 is 2.96 bits per heavy atom. The van der Waals surface area contributed by atoms with Gasteiger partial charge in [-0.3, -0.25) is 4.90 Å². The predicted molar refractivity (Wildman–Crippen MR) is 87.1 cm³/mol. The Hall–Kier alpha value is -1.80. The van der Waals surface area contributed by atoms with Gasteiger partial charge >= 0.3 is 0 Å². The molecule has 130 valence electrons. The topological polar surface area (TPSA) is 84.9 Å². The molecule has 0 saturated carbocycles. The summed E-state index contributed by atoms with van der Waals surface area (Å²) in [4.78, 5) is 2.29. The van der Waals surface area contributed by atoms with Crippen molar-refractivity contribution in [1.82, 2.24) is 34.7 Å². The molecule has 2 aromatic heterocycles. The van der Waals surface area contributed by atoms with Gasteiger partial charge in [0.05, 0.1) is 24.9 Å². The molecule has 0 radical (unpaired) electrons. The highest BCUT2D eigenvalue weighted by Crippen LogP contribution is 2.24. The minimum Gasteiger partial charge on any atom is -0.387 e. The second-order valence-electron chi connectivity index (χ2n) is 7.13. The zero-order valence-electron chi connectivity index (χ0n) is 14.0. The van der Waals surface area contributed by atoms with E-state index in [1.807, 2.05) is 0 Å². The fourth-order valence-electron chi connectivity index (χ4n) is 3.95. The molecular formula is C16H25N7O. The van der Waals surface area contributed by atoms with Crippen molar-refractivity contribution in [3.05, 3.63) is 24.0 Å². The lowest BCUT2D eigenvalue weighted by Gasteiger charge is -2.38. The van der Waals surface area contributed by atoms with Crippen LogP contribution in [0.25, 0.3) is 0 Å². The largest absolute Gasteiger partial charge is 0.387 e. The number of rotatable bonds is 4. The first-order chi connectivity index (χ1) is 11.7. The van der Waals surface area contributed by atoms with E-state index in [-0.39, 0.29) is 0 Å². The number of fused-ring (bicyclic) bond motifs is 1. The van der Waals surface area contributed by atoms with Gasteiger partial charge in [-0.05, 0) is 32.2 Å². The van der Waals surface area contributed by atoms with E-state index in [1.165, 1.54) is 19.3 Å². The molecule has 4 heterocycles. The summed E-state index contributed by atoms with van der Waals surface area (Å²) in [6.07, 6.45) is 9.93. The molecule has 2 aliphatic heterocycles. The van der Waals surface area contributed by atoms with Crippen LogP contribution in [0.1, 0.15) is 43.8 Å². The van der Waals surface area contributed by atoms with Crippen molar-refractivity contribution < 1.29 is 5.11 Å². The Kier molecular flexibility index (Phi) is 4.32. The molecule has 4 rings (SSSR count). The summed E-state index contributed by atoms with van der Waals surface area (Å²) >= 11 is 0. The summed E-state index contributed by atoms with van der Waals surface area (Å²) < 4.78 is 4.00. The van der Waals surface area contributed by atoms with Gasteiger partial charge in [0.2, 0.25) is 0 Å². The number of likely N-dealkylation sites (tertiary alicyclic amines) is 1. The van der Waals surface area contributed by atoms with Crippen molar-refractivity contribution in [2.45, 2.75) is 63.8 Å². The van der Waals surface area contributed by atoms with Crippen molar-refractivity contribution in [2.24, 2.45) is 0 Å². The lowest BCUT2D eigenvalue weighted by molar-refractivity contribution is -0.0486. The molecule has 0 amide bonds. The van der Waals surface area contributed by atoms with Crippen LogP contribution in [-0.2, 0) is 26.1 Å². The second kappa shape index (κ2) is 6.60. The summed E-state index contributed by atoms with van der Waals surface area (Å²) in [6, 6.07) is 0. The number of aryl methyl sites for hydroxylation is 1. The maximum Gasteiger partial charge on any atom is 0.147 e. The Bertz CT molecular complexity index is 668. The number of aromatic nitrogens is 6. The van der Waals surface area contributed by atoms with E-state index in [9.17, 15) is 5.11 Å². The normalized spacial score (nSPS) is 25.4. The lowest BCUT2D eigenvalue weighted by atomic mass is 9.93. The summed E-state index contributed by atoms with van der Waals surface area (Å²) in [5.74, 6) is 2.16. The summed E-state index contributed by atoms with van der Waals surface area (Å²) in [7, 11) is 0. The monoisotopic (exact) mass is 331 g/mol. The third-order valence-corrected chi connectivity index (χ3v) is 5.11. The zero-order valence-corrected chi connectivity index (χ0v) is 14.0. The Labute approximate surface area is 141 Å². The van der Waals surface area contributed by atoms with E-state index in [4.69, 9.17) is 0 Å². The molecule has 0 spiro atoms. The van der Waals surface area contributed by atoms with Gasteiger partial charge in [0, 0.05) is 25.7 Å². The third kappa shape index (κ3) is 3.34. The average Bonchev–Trinajstić information content (AvgIpc) is 3.12. The molecule has 24 heavy (non-hydrogen) atoms. The Morgan fingerprint density at radius 2 is 2.08 bits per heavy atom. The van der Waals surface area contributed by atoms with Gasteiger partial charge in [-0.2, -0.15) is 0 Å². The molecule has 0 aromatic carbocycles. The molecule has 0 bridgehead atoms. The number of piperidine rings is 1. The number of hydrogen-bond acceptors (Lipinski definition) is 6. The van der Waals surface area contributed by atoms with Gasteiger partial charge < -0.3 is 9.67 Å². The second-order valence-corrected chi connectivity index (χ2v) is 7.13. The molecule has 1 N–H and O–H groups in total. The molecule has 1 saturated heterocycles. The highest BCUT2D eigenvalue weighted by Gasteiger charge is 2.34. The van der Waals surface area contributed by atoms with Crippen molar-refractivity contribution >= 4 is 0 Å². The molecule has 1 fully saturated rings. The first-order valence-corrected chi connectivity index (χ1v) is 8.92. The molecule has 0 aliphatic carbocycles. The van der Waals surface area contributed by atoms with E-state index in [1.54, 1.807) is 17.1 Å². The minimum atomic E-state index is -0.756. The maximum atomic E-state index is 11.0. The van der Waals surface area contributed by atoms with Crippen LogP contribution < -0.4 is 0 Å². The Balaban J connectivity index is 1.44. The van der Waals surface area contributed by atoms with Gasteiger partial charge in [0.25, 0.3) is 0 Å². The van der Waals surface area contributed by atoms with E-state index in [0.717, 1.165) is 50.5 Å². The smallest absolute Gasteiger partial charge is 0.147 e. The molecular weight excluding hydrogens is 306 g/mol. The van der Waals surface area contributed by atoms with Crippen molar-refractivity contribution in [3.8, 4) is 0 Å². The van der Waals surface area contributed by atoms with Crippen molar-refractivity contribution in [2.75, 3.05) is 13.1 Å². The predicted octanol–water partition coefficient (Wildman–Crippen LogP) is 0.623. The molecule has 8 heteroatoms. The SMILES string of the molecule is OC1(Cn2ccnn2)CCCN(Cc2nnc3n2CCCCC3)C1. The van der Waals surface area contributed by atoms with Crippen LogP contribution in [0, 0.1) is 0 Å². The molecule has 1 atom stereocenters. The third-order valence-electron chi connectivity index (χ3n) is 5.11. The summed E-state index contributed by atoms with van der Waals surface area (Å²) in [5, 5.41) is 27.6. The van der Waals surface area contributed by atoms with Gasteiger partial charge in [-0.15, -0.1) is 15.3 Å². The summed E-state index contributed by atoms with van der Waals surface area (Å²) in [6.45, 7) is 3.89. The fraction of sp³-hybridized carbons (Fsp3) is 0.750. The van der Waals surface area contributed by atoms with Crippen LogP contribution in [0.3, 0.4) is 0 Å². The molecule has 1 unspecified atom stereocenters. The first-order valence-electron chi connectivity index (χ1n) is 8.92.